The van der Waals surface area contributed by atoms with Crippen molar-refractivity contribution in [2.45, 2.75) is 36.6 Å². The Bertz CT molecular complexity index is 1450. The minimum atomic E-state index is -4.11. The van der Waals surface area contributed by atoms with E-state index >= 15 is 0 Å². The van der Waals surface area contributed by atoms with E-state index in [0.29, 0.717) is 11.3 Å². The molecular weight excluding hydrogens is 500 g/mol. The fourth-order valence-electron chi connectivity index (χ4n) is 3.64. The monoisotopic (exact) mass is 530 g/mol. The number of hydrogen-bond acceptors (Lipinski definition) is 6. The van der Waals surface area contributed by atoms with Crippen molar-refractivity contribution in [3.63, 3.8) is 0 Å². The minimum Gasteiger partial charge on any atom is -0.495 e. The number of aryl methyl sites for hydroxylation is 2. The van der Waals surface area contributed by atoms with Crippen molar-refractivity contribution in [2.24, 2.45) is 0 Å². The molecule has 0 saturated heterocycles. The number of benzene rings is 3. The molecule has 3 aromatic carbocycles. The number of amides is 1. The second-order valence-electron chi connectivity index (χ2n) is 8.63. The van der Waals surface area contributed by atoms with Crippen LogP contribution in [0.15, 0.2) is 76.5 Å². The molecule has 0 aliphatic heterocycles. The Kier molecular flexibility index (Phi) is 8.10. The molecule has 8 nitrogen and oxygen atoms in total. The van der Waals surface area contributed by atoms with Crippen LogP contribution in [0.1, 0.15) is 29.7 Å². The summed E-state index contributed by atoms with van der Waals surface area (Å²) >= 11 is 0. The number of carbonyl (C=O) groups is 1. The second-order valence-corrected chi connectivity index (χ2v) is 12.5. The lowest BCUT2D eigenvalue weighted by Crippen LogP contribution is -2.41. The Morgan fingerprint density at radius 1 is 0.889 bits per heavy atom. The number of sulfone groups is 1. The van der Waals surface area contributed by atoms with Crippen molar-refractivity contribution in [1.82, 2.24) is 5.32 Å². The van der Waals surface area contributed by atoms with Gasteiger partial charge < -0.3 is 10.1 Å². The van der Waals surface area contributed by atoms with Crippen LogP contribution in [0, 0.1) is 13.8 Å². The first-order valence-electron chi connectivity index (χ1n) is 11.2. The van der Waals surface area contributed by atoms with E-state index in [-0.39, 0.29) is 15.5 Å². The van der Waals surface area contributed by atoms with E-state index in [4.69, 9.17) is 4.74 Å². The highest BCUT2D eigenvalue weighted by Crippen LogP contribution is 2.33. The predicted molar refractivity (Wildman–Crippen MR) is 140 cm³/mol. The highest BCUT2D eigenvalue weighted by molar-refractivity contribution is 7.93. The highest BCUT2D eigenvalue weighted by atomic mass is 32.2. The van der Waals surface area contributed by atoms with Gasteiger partial charge in [-0.25, -0.2) is 16.8 Å². The maximum absolute atomic E-state index is 13.7. The van der Waals surface area contributed by atoms with E-state index in [2.05, 4.69) is 5.32 Å². The quantitative estimate of drug-likeness (QED) is 0.451. The maximum atomic E-state index is 13.7. The number of nitrogens with one attached hydrogen (secondary N) is 1. The summed E-state index contributed by atoms with van der Waals surface area (Å²) < 4.78 is 57.2. The first-order chi connectivity index (χ1) is 16.8. The van der Waals surface area contributed by atoms with Crippen LogP contribution in [0.2, 0.25) is 0 Å². The number of anilines is 1. The number of rotatable bonds is 9. The maximum Gasteiger partial charge on any atom is 0.264 e. The molecule has 3 aromatic rings. The van der Waals surface area contributed by atoms with Gasteiger partial charge in [0, 0.05) is 6.26 Å². The lowest BCUT2D eigenvalue weighted by atomic mass is 10.1. The molecule has 0 saturated carbocycles. The summed E-state index contributed by atoms with van der Waals surface area (Å²) in [7, 11) is -6.02. The van der Waals surface area contributed by atoms with Crippen LogP contribution in [0.4, 0.5) is 5.69 Å². The van der Waals surface area contributed by atoms with E-state index in [1.54, 1.807) is 49.4 Å². The van der Waals surface area contributed by atoms with Crippen molar-refractivity contribution in [2.75, 3.05) is 24.2 Å². The molecule has 0 unspecified atom stereocenters. The molecule has 1 amide bonds. The summed E-state index contributed by atoms with van der Waals surface area (Å²) in [5.41, 5.74) is 2.63. The average Bonchev–Trinajstić information content (AvgIpc) is 2.82. The van der Waals surface area contributed by atoms with Crippen LogP contribution in [-0.4, -0.2) is 42.7 Å². The van der Waals surface area contributed by atoms with Gasteiger partial charge >= 0.3 is 0 Å². The van der Waals surface area contributed by atoms with Crippen molar-refractivity contribution in [1.29, 1.82) is 0 Å². The molecule has 10 heteroatoms. The summed E-state index contributed by atoms with van der Waals surface area (Å²) in [5.74, 6) is -0.220. The molecule has 0 spiro atoms. The topological polar surface area (TPSA) is 110 Å². The minimum absolute atomic E-state index is 0.0499. The van der Waals surface area contributed by atoms with Gasteiger partial charge in [-0.05, 0) is 68.3 Å². The standard InChI is InChI=1S/C26H30N2O6S2/c1-18-6-11-23(12-7-18)36(32,33)28(24-16-19(2)8-15-25(24)34-4)17-26(29)27-20(3)21-9-13-22(14-10-21)35(5,30)31/h6-16,20H,17H2,1-5H3,(H,27,29)/t20-/m1/s1. The highest BCUT2D eigenvalue weighted by Gasteiger charge is 2.30. The zero-order valence-electron chi connectivity index (χ0n) is 20.8. The van der Waals surface area contributed by atoms with Crippen LogP contribution >= 0.6 is 0 Å². The largest absolute Gasteiger partial charge is 0.495 e. The van der Waals surface area contributed by atoms with E-state index in [1.165, 1.54) is 31.4 Å². The summed E-state index contributed by atoms with van der Waals surface area (Å²) in [6, 6.07) is 17.2. The predicted octanol–water partition coefficient (Wildman–Crippen LogP) is 3.79. The number of nitrogens with zero attached hydrogens (tertiary/aromatic N) is 1. The number of hydrogen-bond donors (Lipinski definition) is 1. The van der Waals surface area contributed by atoms with Crippen molar-refractivity contribution >= 4 is 31.5 Å². The molecule has 0 heterocycles. The second kappa shape index (κ2) is 10.7. The van der Waals surface area contributed by atoms with Crippen molar-refractivity contribution < 1.29 is 26.4 Å². The summed E-state index contributed by atoms with van der Waals surface area (Å²) in [5, 5.41) is 2.80. The normalized spacial score (nSPS) is 12.6. The van der Waals surface area contributed by atoms with Gasteiger partial charge in [-0.2, -0.15) is 0 Å². The van der Waals surface area contributed by atoms with Gasteiger partial charge in [-0.3, -0.25) is 9.10 Å². The number of ether oxygens (including phenoxy) is 1. The molecule has 36 heavy (non-hydrogen) atoms. The van der Waals surface area contributed by atoms with Crippen molar-refractivity contribution in [3.8, 4) is 5.75 Å². The molecule has 3 rings (SSSR count). The van der Waals surface area contributed by atoms with Crippen LogP contribution in [0.5, 0.6) is 5.75 Å². The summed E-state index contributed by atoms with van der Waals surface area (Å²) in [6.07, 6.45) is 1.12. The van der Waals surface area contributed by atoms with Crippen LogP contribution in [0.25, 0.3) is 0 Å². The molecule has 0 aliphatic rings. The van der Waals surface area contributed by atoms with Gasteiger partial charge in [0.2, 0.25) is 5.91 Å². The van der Waals surface area contributed by atoms with Crippen LogP contribution in [-0.2, 0) is 24.7 Å². The molecule has 0 bridgehead atoms. The van der Waals surface area contributed by atoms with Gasteiger partial charge in [0.25, 0.3) is 10.0 Å². The number of sulfonamides is 1. The van der Waals surface area contributed by atoms with Gasteiger partial charge in [-0.1, -0.05) is 35.9 Å². The Hall–Kier alpha value is -3.37. The van der Waals surface area contributed by atoms with E-state index in [9.17, 15) is 21.6 Å². The molecule has 1 atom stereocenters. The number of methoxy groups -OCH3 is 1. The van der Waals surface area contributed by atoms with E-state index in [1.807, 2.05) is 13.8 Å². The zero-order valence-corrected chi connectivity index (χ0v) is 22.5. The first-order valence-corrected chi connectivity index (χ1v) is 14.5. The Labute approximate surface area is 212 Å². The fraction of sp³-hybridized carbons (Fsp3) is 0.269. The molecule has 0 aliphatic carbocycles. The van der Waals surface area contributed by atoms with Gasteiger partial charge in [0.15, 0.2) is 9.84 Å². The van der Waals surface area contributed by atoms with Gasteiger partial charge in [0.1, 0.15) is 12.3 Å². The van der Waals surface area contributed by atoms with Gasteiger partial charge in [-0.15, -0.1) is 0 Å². The molecule has 0 fully saturated rings. The third kappa shape index (κ3) is 6.24. The number of carbonyl (C=O) groups excluding carboxylic acids is 1. The summed E-state index contributed by atoms with van der Waals surface area (Å²) in [6.45, 7) is 4.93. The average molecular weight is 531 g/mol. The fourth-order valence-corrected chi connectivity index (χ4v) is 5.69. The molecule has 0 aromatic heterocycles. The zero-order chi connectivity index (χ0) is 26.7. The Morgan fingerprint density at radius 3 is 2.00 bits per heavy atom. The third-order valence-corrected chi connectivity index (χ3v) is 8.59. The van der Waals surface area contributed by atoms with Crippen LogP contribution < -0.4 is 14.4 Å². The van der Waals surface area contributed by atoms with Crippen molar-refractivity contribution in [3.05, 3.63) is 83.4 Å². The van der Waals surface area contributed by atoms with Gasteiger partial charge in [0.05, 0.1) is 28.6 Å². The first kappa shape index (κ1) is 27.2. The third-order valence-electron chi connectivity index (χ3n) is 5.68. The lowest BCUT2D eigenvalue weighted by Gasteiger charge is -2.27. The van der Waals surface area contributed by atoms with E-state index < -0.39 is 38.4 Å². The van der Waals surface area contributed by atoms with E-state index in [0.717, 1.165) is 21.7 Å². The SMILES string of the molecule is COc1ccc(C)cc1N(CC(=O)N[C@H](C)c1ccc(S(C)(=O)=O)cc1)S(=O)(=O)c1ccc(C)cc1. The lowest BCUT2D eigenvalue weighted by molar-refractivity contribution is -0.120. The molecular formula is C26H30N2O6S2. The summed E-state index contributed by atoms with van der Waals surface area (Å²) in [4.78, 5) is 13.3. The molecule has 0 radical (unpaired) electrons. The van der Waals surface area contributed by atoms with Crippen LogP contribution in [0.3, 0.4) is 0 Å². The Balaban J connectivity index is 1.93. The molecule has 192 valence electrons. The smallest absolute Gasteiger partial charge is 0.264 e. The Morgan fingerprint density at radius 2 is 1.44 bits per heavy atom. The molecule has 1 N–H and O–H groups in total.